The van der Waals surface area contributed by atoms with E-state index in [1.807, 2.05) is 0 Å². The fourth-order valence-electron chi connectivity index (χ4n) is 1.63. The molecule has 1 fully saturated rings. The predicted octanol–water partition coefficient (Wildman–Crippen LogP) is 1.36. The van der Waals surface area contributed by atoms with E-state index in [1.54, 1.807) is 0 Å². The number of nitrogens with zero attached hydrogens (tertiary/aromatic N) is 1. The van der Waals surface area contributed by atoms with E-state index in [1.165, 1.54) is 0 Å². The van der Waals surface area contributed by atoms with Crippen molar-refractivity contribution in [3.8, 4) is 0 Å². The zero-order chi connectivity index (χ0) is 11.0. The first-order valence-corrected chi connectivity index (χ1v) is 6.11. The van der Waals surface area contributed by atoms with Gasteiger partial charge in [-0.15, -0.1) is 0 Å². The maximum atomic E-state index is 12.4. The largest absolute Gasteiger partial charge is 0.405 e. The van der Waals surface area contributed by atoms with Crippen molar-refractivity contribution in [2.24, 2.45) is 0 Å². The number of hydrogen-bond acceptors (Lipinski definition) is 2. The zero-order valence-electron chi connectivity index (χ0n) is 7.71. The van der Waals surface area contributed by atoms with Crippen molar-refractivity contribution in [3.63, 3.8) is 0 Å². The lowest BCUT2D eigenvalue weighted by Gasteiger charge is -2.34. The van der Waals surface area contributed by atoms with Gasteiger partial charge in [-0.1, -0.05) is 6.42 Å². The Balaban J connectivity index is 2.91. The third kappa shape index (κ3) is 2.60. The van der Waals surface area contributed by atoms with Gasteiger partial charge in [0.1, 0.15) is 6.04 Å². The monoisotopic (exact) mass is 231 g/mol. The van der Waals surface area contributed by atoms with Crippen LogP contribution >= 0.6 is 0 Å². The summed E-state index contributed by atoms with van der Waals surface area (Å²) in [5.74, 6) is 0. The molecule has 1 aliphatic rings. The van der Waals surface area contributed by atoms with Gasteiger partial charge in [0.25, 0.3) is 0 Å². The molecule has 14 heavy (non-hydrogen) atoms. The lowest BCUT2D eigenvalue weighted by molar-refractivity contribution is -0.177. The Morgan fingerprint density at radius 2 is 1.86 bits per heavy atom. The standard InChI is InChI=1S/C7H12F3NO2S/c1-14(12,13)11-5-3-2-4-6(11)7(8,9)10/h6H,2-5H2,1H3. The van der Waals surface area contributed by atoms with Crippen molar-refractivity contribution < 1.29 is 21.6 Å². The molecule has 0 bridgehead atoms. The number of rotatable bonds is 1. The van der Waals surface area contributed by atoms with E-state index in [4.69, 9.17) is 0 Å². The van der Waals surface area contributed by atoms with E-state index in [0.717, 1.165) is 6.26 Å². The van der Waals surface area contributed by atoms with E-state index < -0.39 is 22.2 Å². The molecule has 0 aliphatic carbocycles. The van der Waals surface area contributed by atoms with Crippen LogP contribution in [0.4, 0.5) is 13.2 Å². The van der Waals surface area contributed by atoms with Gasteiger partial charge in [-0.05, 0) is 12.8 Å². The van der Waals surface area contributed by atoms with Gasteiger partial charge in [-0.2, -0.15) is 17.5 Å². The molecule has 1 unspecified atom stereocenters. The average Bonchev–Trinajstić information content (AvgIpc) is 2.01. The summed E-state index contributed by atoms with van der Waals surface area (Å²) in [6.07, 6.45) is -2.84. The summed E-state index contributed by atoms with van der Waals surface area (Å²) in [5.41, 5.74) is 0. The van der Waals surface area contributed by atoms with E-state index in [9.17, 15) is 21.6 Å². The van der Waals surface area contributed by atoms with Crippen LogP contribution in [-0.2, 0) is 10.0 Å². The third-order valence-electron chi connectivity index (χ3n) is 2.26. The maximum Gasteiger partial charge on any atom is 0.405 e. The van der Waals surface area contributed by atoms with Crippen molar-refractivity contribution in [2.45, 2.75) is 31.5 Å². The molecule has 1 aliphatic heterocycles. The molecule has 0 aromatic heterocycles. The number of alkyl halides is 3. The highest BCUT2D eigenvalue weighted by molar-refractivity contribution is 7.88. The van der Waals surface area contributed by atoms with Gasteiger partial charge in [0.2, 0.25) is 10.0 Å². The molecule has 0 aromatic rings. The minimum Gasteiger partial charge on any atom is -0.212 e. The molecule has 3 nitrogen and oxygen atoms in total. The molecule has 1 atom stereocenters. The summed E-state index contributed by atoms with van der Waals surface area (Å²) in [6.45, 7) is -0.0248. The first kappa shape index (κ1) is 11.8. The summed E-state index contributed by atoms with van der Waals surface area (Å²) in [6, 6.07) is -1.83. The highest BCUT2D eigenvalue weighted by Gasteiger charge is 2.47. The van der Waals surface area contributed by atoms with Gasteiger partial charge in [0, 0.05) is 6.54 Å². The van der Waals surface area contributed by atoms with Crippen LogP contribution in [-0.4, -0.2) is 37.7 Å². The van der Waals surface area contributed by atoms with Crippen LogP contribution < -0.4 is 0 Å². The van der Waals surface area contributed by atoms with Crippen LogP contribution in [0.3, 0.4) is 0 Å². The van der Waals surface area contributed by atoms with Gasteiger partial charge < -0.3 is 0 Å². The lowest BCUT2D eigenvalue weighted by atomic mass is 10.1. The number of sulfonamides is 1. The molecule has 84 valence electrons. The lowest BCUT2D eigenvalue weighted by Crippen LogP contribution is -2.50. The first-order valence-electron chi connectivity index (χ1n) is 4.26. The minimum atomic E-state index is -4.45. The molecule has 0 saturated carbocycles. The molecule has 7 heteroatoms. The molecule has 0 amide bonds. The third-order valence-corrected chi connectivity index (χ3v) is 3.55. The Morgan fingerprint density at radius 1 is 1.29 bits per heavy atom. The number of piperidine rings is 1. The number of hydrogen-bond donors (Lipinski definition) is 0. The van der Waals surface area contributed by atoms with E-state index in [2.05, 4.69) is 0 Å². The van der Waals surface area contributed by atoms with Crippen molar-refractivity contribution >= 4 is 10.0 Å². The first-order chi connectivity index (χ1) is 6.23. The molecular weight excluding hydrogens is 219 g/mol. The summed E-state index contributed by atoms with van der Waals surface area (Å²) < 4.78 is 59.9. The van der Waals surface area contributed by atoms with E-state index >= 15 is 0 Å². The second kappa shape index (κ2) is 3.69. The Morgan fingerprint density at radius 3 is 2.21 bits per heavy atom. The molecule has 1 rings (SSSR count). The molecule has 0 aromatic carbocycles. The highest BCUT2D eigenvalue weighted by atomic mass is 32.2. The Kier molecular flexibility index (Phi) is 3.10. The normalized spacial score (nSPS) is 26.4. The summed E-state index contributed by atoms with van der Waals surface area (Å²) in [4.78, 5) is 0. The zero-order valence-corrected chi connectivity index (χ0v) is 8.53. The Bertz CT molecular complexity index is 299. The fourth-order valence-corrected chi connectivity index (χ4v) is 2.78. The summed E-state index contributed by atoms with van der Waals surface area (Å²) >= 11 is 0. The molecule has 1 saturated heterocycles. The quantitative estimate of drug-likeness (QED) is 0.683. The van der Waals surface area contributed by atoms with Crippen molar-refractivity contribution in [1.82, 2.24) is 4.31 Å². The predicted molar refractivity (Wildman–Crippen MR) is 45.2 cm³/mol. The van der Waals surface area contributed by atoms with Gasteiger partial charge >= 0.3 is 6.18 Å². The summed E-state index contributed by atoms with van der Waals surface area (Å²) in [5, 5.41) is 0. The second-order valence-electron chi connectivity index (χ2n) is 3.43. The average molecular weight is 231 g/mol. The smallest absolute Gasteiger partial charge is 0.212 e. The maximum absolute atomic E-state index is 12.4. The van der Waals surface area contributed by atoms with Crippen LogP contribution in [0.5, 0.6) is 0 Å². The van der Waals surface area contributed by atoms with Crippen LogP contribution in [0.25, 0.3) is 0 Å². The van der Waals surface area contributed by atoms with Gasteiger partial charge in [-0.25, -0.2) is 8.42 Å². The minimum absolute atomic E-state index is 0.0248. The van der Waals surface area contributed by atoms with E-state index in [-0.39, 0.29) is 13.0 Å². The van der Waals surface area contributed by atoms with Crippen molar-refractivity contribution in [2.75, 3.05) is 12.8 Å². The van der Waals surface area contributed by atoms with Gasteiger partial charge in [0.15, 0.2) is 0 Å². The van der Waals surface area contributed by atoms with Crippen LogP contribution in [0.2, 0.25) is 0 Å². The van der Waals surface area contributed by atoms with Gasteiger partial charge in [-0.3, -0.25) is 0 Å². The van der Waals surface area contributed by atoms with Gasteiger partial charge in [0.05, 0.1) is 6.26 Å². The molecule has 0 radical (unpaired) electrons. The van der Waals surface area contributed by atoms with Crippen molar-refractivity contribution in [1.29, 1.82) is 0 Å². The molecule has 1 heterocycles. The Labute approximate surface area is 80.9 Å². The molecule has 0 spiro atoms. The SMILES string of the molecule is CS(=O)(=O)N1CCCCC1C(F)(F)F. The van der Waals surface area contributed by atoms with Crippen LogP contribution in [0, 0.1) is 0 Å². The topological polar surface area (TPSA) is 37.4 Å². The second-order valence-corrected chi connectivity index (χ2v) is 5.36. The highest BCUT2D eigenvalue weighted by Crippen LogP contribution is 2.32. The Hall–Kier alpha value is -0.300. The van der Waals surface area contributed by atoms with Crippen LogP contribution in [0.1, 0.15) is 19.3 Å². The van der Waals surface area contributed by atoms with Crippen LogP contribution in [0.15, 0.2) is 0 Å². The van der Waals surface area contributed by atoms with Crippen molar-refractivity contribution in [3.05, 3.63) is 0 Å². The molecular formula is C7H12F3NO2S. The summed E-state index contributed by atoms with van der Waals surface area (Å²) in [7, 11) is -3.74. The number of halogens is 3. The van der Waals surface area contributed by atoms with E-state index in [0.29, 0.717) is 17.1 Å². The molecule has 0 N–H and O–H groups in total. The fraction of sp³-hybridized carbons (Fsp3) is 1.00.